The molecule has 0 spiro atoms. The lowest BCUT2D eigenvalue weighted by atomic mass is 10.1. The number of esters is 1. The summed E-state index contributed by atoms with van der Waals surface area (Å²) in [5.41, 5.74) is 1.09. The summed E-state index contributed by atoms with van der Waals surface area (Å²) in [4.78, 5) is 15.6. The minimum absolute atomic E-state index is 0.193. The number of nitrogens with one attached hydrogen (secondary N) is 1. The lowest BCUT2D eigenvalue weighted by Gasteiger charge is -2.11. The van der Waals surface area contributed by atoms with Gasteiger partial charge < -0.3 is 10.1 Å². The van der Waals surface area contributed by atoms with E-state index in [9.17, 15) is 9.18 Å². The molecule has 0 aliphatic heterocycles. The summed E-state index contributed by atoms with van der Waals surface area (Å²) in [5, 5.41) is 3.47. The van der Waals surface area contributed by atoms with E-state index < -0.39 is 11.8 Å². The number of ether oxygens (including phenoxy) is 1. The molecule has 0 unspecified atom stereocenters. The number of hydrogen-bond acceptors (Lipinski definition) is 4. The highest BCUT2D eigenvalue weighted by Gasteiger charge is 2.17. The first kappa shape index (κ1) is 12.6. The highest BCUT2D eigenvalue weighted by Crippen LogP contribution is 2.31. The van der Waals surface area contributed by atoms with E-state index >= 15 is 0 Å². The van der Waals surface area contributed by atoms with E-state index in [4.69, 9.17) is 11.6 Å². The topological polar surface area (TPSA) is 51.2 Å². The molecule has 1 aromatic heterocycles. The average molecular weight is 269 g/mol. The van der Waals surface area contributed by atoms with E-state index in [-0.39, 0.29) is 10.6 Å². The van der Waals surface area contributed by atoms with E-state index in [1.807, 2.05) is 0 Å². The third kappa shape index (κ3) is 1.97. The first-order valence-electron chi connectivity index (χ1n) is 5.12. The maximum Gasteiger partial charge on any atom is 0.341 e. The van der Waals surface area contributed by atoms with Gasteiger partial charge in [0.15, 0.2) is 0 Å². The fourth-order valence-corrected chi connectivity index (χ4v) is 2.02. The smallest absolute Gasteiger partial charge is 0.341 e. The van der Waals surface area contributed by atoms with E-state index in [0.29, 0.717) is 16.6 Å². The first-order chi connectivity index (χ1) is 8.58. The number of fused-ring (bicyclic) bond motifs is 1. The molecule has 2 rings (SSSR count). The molecule has 6 heteroatoms. The number of halogens is 2. The van der Waals surface area contributed by atoms with Crippen LogP contribution in [0, 0.1) is 5.82 Å². The number of carbonyl (C=O) groups is 1. The van der Waals surface area contributed by atoms with Gasteiger partial charge in [-0.15, -0.1) is 0 Å². The quantitative estimate of drug-likeness (QED) is 0.851. The Hall–Kier alpha value is -1.88. The van der Waals surface area contributed by atoms with Gasteiger partial charge in [0.25, 0.3) is 0 Å². The number of methoxy groups -OCH3 is 1. The minimum Gasteiger partial charge on any atom is -0.465 e. The van der Waals surface area contributed by atoms with Crippen molar-refractivity contribution in [3.63, 3.8) is 0 Å². The van der Waals surface area contributed by atoms with Crippen LogP contribution < -0.4 is 5.32 Å². The van der Waals surface area contributed by atoms with Crippen molar-refractivity contribution >= 4 is 34.2 Å². The van der Waals surface area contributed by atoms with Crippen LogP contribution in [0.4, 0.5) is 10.1 Å². The summed E-state index contributed by atoms with van der Waals surface area (Å²) in [6, 6.07) is 2.45. The molecule has 0 aliphatic rings. The summed E-state index contributed by atoms with van der Waals surface area (Å²) >= 11 is 5.91. The molecule has 0 atom stereocenters. The van der Waals surface area contributed by atoms with Gasteiger partial charge in [-0.1, -0.05) is 11.6 Å². The van der Waals surface area contributed by atoms with Gasteiger partial charge >= 0.3 is 5.97 Å². The normalized spacial score (nSPS) is 10.4. The molecule has 1 aromatic carbocycles. The highest BCUT2D eigenvalue weighted by molar-refractivity contribution is 6.35. The summed E-state index contributed by atoms with van der Waals surface area (Å²) in [6.07, 6.45) is 1.35. The van der Waals surface area contributed by atoms with E-state index in [1.54, 1.807) is 7.05 Å². The molecule has 2 aromatic rings. The third-order valence-corrected chi connectivity index (χ3v) is 2.83. The zero-order valence-electron chi connectivity index (χ0n) is 9.75. The van der Waals surface area contributed by atoms with Crippen LogP contribution in [0.25, 0.3) is 10.9 Å². The minimum atomic E-state index is -0.547. The summed E-state index contributed by atoms with van der Waals surface area (Å²) < 4.78 is 18.0. The zero-order valence-corrected chi connectivity index (χ0v) is 10.5. The molecular formula is C12H10ClFN2O2. The fraction of sp³-hybridized carbons (Fsp3) is 0.167. The lowest BCUT2D eigenvalue weighted by molar-refractivity contribution is 0.0601. The lowest BCUT2D eigenvalue weighted by Crippen LogP contribution is -2.07. The number of anilines is 1. The van der Waals surface area contributed by atoms with Crippen molar-refractivity contribution in [1.29, 1.82) is 0 Å². The Morgan fingerprint density at radius 1 is 1.50 bits per heavy atom. The second-order valence-corrected chi connectivity index (χ2v) is 3.98. The predicted octanol–water partition coefficient (Wildman–Crippen LogP) is 2.86. The van der Waals surface area contributed by atoms with Gasteiger partial charge in [0.05, 0.1) is 23.3 Å². The molecule has 1 heterocycles. The Balaban J connectivity index is 2.82. The van der Waals surface area contributed by atoms with Crippen LogP contribution in [0.1, 0.15) is 10.4 Å². The van der Waals surface area contributed by atoms with Crippen LogP contribution in [0.15, 0.2) is 18.3 Å². The Labute approximate surface area is 108 Å². The van der Waals surface area contributed by atoms with Crippen LogP contribution in [-0.4, -0.2) is 25.1 Å². The first-order valence-corrected chi connectivity index (χ1v) is 5.50. The van der Waals surface area contributed by atoms with E-state index in [0.717, 1.165) is 0 Å². The average Bonchev–Trinajstić information content (AvgIpc) is 2.36. The molecule has 0 radical (unpaired) electrons. The molecule has 1 N–H and O–H groups in total. The van der Waals surface area contributed by atoms with Gasteiger partial charge in [-0.2, -0.15) is 0 Å². The molecule has 0 fully saturated rings. The molecule has 0 aliphatic carbocycles. The summed E-state index contributed by atoms with van der Waals surface area (Å²) in [5.74, 6) is -1.04. The monoisotopic (exact) mass is 268 g/mol. The van der Waals surface area contributed by atoms with Gasteiger partial charge in [0.2, 0.25) is 0 Å². The Kier molecular flexibility index (Phi) is 3.34. The van der Waals surface area contributed by atoms with Crippen molar-refractivity contribution in [2.75, 3.05) is 19.5 Å². The van der Waals surface area contributed by atoms with E-state index in [2.05, 4.69) is 15.0 Å². The number of aromatic nitrogens is 1. The van der Waals surface area contributed by atoms with Gasteiger partial charge in [0, 0.05) is 18.6 Å². The number of pyridine rings is 1. The zero-order chi connectivity index (χ0) is 13.3. The number of benzene rings is 1. The van der Waals surface area contributed by atoms with Crippen LogP contribution in [0.2, 0.25) is 5.02 Å². The molecule has 0 bridgehead atoms. The maximum absolute atomic E-state index is 13.4. The second-order valence-electron chi connectivity index (χ2n) is 3.57. The van der Waals surface area contributed by atoms with Crippen LogP contribution in [0.3, 0.4) is 0 Å². The van der Waals surface area contributed by atoms with Crippen molar-refractivity contribution in [2.45, 2.75) is 0 Å². The van der Waals surface area contributed by atoms with Crippen LogP contribution in [-0.2, 0) is 4.74 Å². The molecule has 94 valence electrons. The predicted molar refractivity (Wildman–Crippen MR) is 67.6 cm³/mol. The standard InChI is InChI=1S/C12H10ClFN2O2/c1-15-10-7-3-6(14)4-9(13)11(7)16-5-8(10)12(17)18-2/h3-5H,1-2H3,(H,15,16). The van der Waals surface area contributed by atoms with Crippen molar-refractivity contribution < 1.29 is 13.9 Å². The summed E-state index contributed by atoms with van der Waals surface area (Å²) in [6.45, 7) is 0. The van der Waals surface area contributed by atoms with Crippen LogP contribution >= 0.6 is 11.6 Å². The largest absolute Gasteiger partial charge is 0.465 e. The maximum atomic E-state index is 13.4. The van der Waals surface area contributed by atoms with Gasteiger partial charge in [-0.25, -0.2) is 9.18 Å². The Morgan fingerprint density at radius 2 is 2.22 bits per heavy atom. The molecule has 0 amide bonds. The van der Waals surface area contributed by atoms with Gasteiger partial charge in [0.1, 0.15) is 11.4 Å². The van der Waals surface area contributed by atoms with E-state index in [1.165, 1.54) is 25.4 Å². The molecule has 0 saturated carbocycles. The Bertz CT molecular complexity index is 631. The van der Waals surface area contributed by atoms with Crippen molar-refractivity contribution in [3.8, 4) is 0 Å². The van der Waals surface area contributed by atoms with Crippen LogP contribution in [0.5, 0.6) is 0 Å². The molecular weight excluding hydrogens is 259 g/mol. The third-order valence-electron chi connectivity index (χ3n) is 2.54. The molecule has 0 saturated heterocycles. The SMILES string of the molecule is CNc1c(C(=O)OC)cnc2c(Cl)cc(F)cc12. The molecule has 4 nitrogen and oxygen atoms in total. The van der Waals surface area contributed by atoms with Gasteiger partial charge in [-0.05, 0) is 12.1 Å². The molecule has 18 heavy (non-hydrogen) atoms. The fourth-order valence-electron chi connectivity index (χ4n) is 1.76. The number of hydrogen-bond donors (Lipinski definition) is 1. The Morgan fingerprint density at radius 3 is 2.83 bits per heavy atom. The number of rotatable bonds is 2. The van der Waals surface area contributed by atoms with Crippen molar-refractivity contribution in [3.05, 3.63) is 34.7 Å². The van der Waals surface area contributed by atoms with Crippen molar-refractivity contribution in [1.82, 2.24) is 4.98 Å². The summed E-state index contributed by atoms with van der Waals surface area (Å²) in [7, 11) is 2.89. The van der Waals surface area contributed by atoms with Crippen molar-refractivity contribution in [2.24, 2.45) is 0 Å². The number of carbonyl (C=O) groups excluding carboxylic acids is 1. The van der Waals surface area contributed by atoms with Gasteiger partial charge in [-0.3, -0.25) is 4.98 Å². The highest BCUT2D eigenvalue weighted by atomic mass is 35.5. The number of nitrogens with zero attached hydrogens (tertiary/aromatic N) is 1. The second kappa shape index (κ2) is 4.78.